The summed E-state index contributed by atoms with van der Waals surface area (Å²) in [6.45, 7) is 0. The summed E-state index contributed by atoms with van der Waals surface area (Å²) >= 11 is 7.14. The third-order valence-electron chi connectivity index (χ3n) is 2.20. The molecule has 0 bridgehead atoms. The highest BCUT2D eigenvalue weighted by molar-refractivity contribution is 7.99. The fourth-order valence-electron chi connectivity index (χ4n) is 1.47. The SMILES string of the molecule is O=c1cc(SCC=CCCl)c2ccccc2o1. The number of thioether (sulfide) groups is 1. The van der Waals surface area contributed by atoms with Crippen LogP contribution in [0.3, 0.4) is 0 Å². The number of hydrogen-bond donors (Lipinski definition) is 0. The van der Waals surface area contributed by atoms with E-state index in [2.05, 4.69) is 0 Å². The Morgan fingerprint density at radius 2 is 2.12 bits per heavy atom. The molecule has 0 aliphatic heterocycles. The van der Waals surface area contributed by atoms with Gasteiger partial charge in [-0.25, -0.2) is 4.79 Å². The Kier molecular flexibility index (Phi) is 4.29. The first-order valence-electron chi connectivity index (χ1n) is 5.18. The minimum atomic E-state index is -0.312. The Balaban J connectivity index is 2.32. The molecule has 0 unspecified atom stereocenters. The van der Waals surface area contributed by atoms with Gasteiger partial charge in [-0.15, -0.1) is 23.4 Å². The van der Waals surface area contributed by atoms with Crippen molar-refractivity contribution < 1.29 is 4.42 Å². The van der Waals surface area contributed by atoms with Gasteiger partial charge in [0.25, 0.3) is 0 Å². The van der Waals surface area contributed by atoms with Crippen LogP contribution >= 0.6 is 23.4 Å². The summed E-state index contributed by atoms with van der Waals surface area (Å²) in [5.41, 5.74) is 0.316. The van der Waals surface area contributed by atoms with E-state index in [-0.39, 0.29) is 5.63 Å². The van der Waals surface area contributed by atoms with Crippen LogP contribution < -0.4 is 5.63 Å². The fraction of sp³-hybridized carbons (Fsp3) is 0.154. The lowest BCUT2D eigenvalue weighted by atomic mass is 10.2. The second-order valence-corrected chi connectivity index (χ2v) is 4.73. The molecule has 0 radical (unpaired) electrons. The number of fused-ring (bicyclic) bond motifs is 1. The zero-order valence-electron chi connectivity index (χ0n) is 9.06. The molecule has 0 atom stereocenters. The van der Waals surface area contributed by atoms with Crippen molar-refractivity contribution in [3.05, 3.63) is 52.9 Å². The molecule has 0 spiro atoms. The largest absolute Gasteiger partial charge is 0.423 e. The molecule has 2 nitrogen and oxygen atoms in total. The van der Waals surface area contributed by atoms with Gasteiger partial charge in [-0.2, -0.15) is 0 Å². The normalized spacial score (nSPS) is 11.4. The predicted octanol–water partition coefficient (Wildman–Crippen LogP) is 3.68. The molecular formula is C13H11ClO2S. The van der Waals surface area contributed by atoms with Gasteiger partial charge in [0.15, 0.2) is 0 Å². The van der Waals surface area contributed by atoms with E-state index in [0.29, 0.717) is 11.5 Å². The number of benzene rings is 1. The van der Waals surface area contributed by atoms with Crippen LogP contribution in [0.15, 0.2) is 56.6 Å². The summed E-state index contributed by atoms with van der Waals surface area (Å²) in [6, 6.07) is 9.07. The maximum Gasteiger partial charge on any atom is 0.337 e. The average Bonchev–Trinajstić information content (AvgIpc) is 2.34. The standard InChI is InChI=1S/C13H11ClO2S/c14-7-3-4-8-17-12-9-13(15)16-11-6-2-1-5-10(11)12/h1-6,9H,7-8H2. The highest BCUT2D eigenvalue weighted by Gasteiger charge is 2.04. The van der Waals surface area contributed by atoms with Gasteiger partial charge in [0.1, 0.15) is 5.58 Å². The van der Waals surface area contributed by atoms with Crippen LogP contribution in [-0.4, -0.2) is 11.6 Å². The summed E-state index contributed by atoms with van der Waals surface area (Å²) < 4.78 is 5.12. The lowest BCUT2D eigenvalue weighted by Crippen LogP contribution is -1.97. The number of halogens is 1. The molecule has 1 aromatic carbocycles. The van der Waals surface area contributed by atoms with Gasteiger partial charge >= 0.3 is 5.63 Å². The zero-order chi connectivity index (χ0) is 12.1. The monoisotopic (exact) mass is 266 g/mol. The molecule has 1 aromatic heterocycles. The third kappa shape index (κ3) is 3.14. The van der Waals surface area contributed by atoms with Gasteiger partial charge in [0, 0.05) is 28.0 Å². The molecule has 17 heavy (non-hydrogen) atoms. The van der Waals surface area contributed by atoms with E-state index in [1.54, 1.807) is 17.8 Å². The Morgan fingerprint density at radius 3 is 2.94 bits per heavy atom. The summed E-state index contributed by atoms with van der Waals surface area (Å²) in [5.74, 6) is 1.30. The van der Waals surface area contributed by atoms with Crippen LogP contribution in [0.2, 0.25) is 0 Å². The molecule has 0 N–H and O–H groups in total. The Labute approximate surface area is 108 Å². The molecule has 2 aromatic rings. The van der Waals surface area contributed by atoms with Gasteiger partial charge in [-0.05, 0) is 6.07 Å². The maximum absolute atomic E-state index is 11.4. The Hall–Kier alpha value is -1.19. The Bertz CT molecular complexity index is 589. The number of para-hydroxylation sites is 1. The maximum atomic E-state index is 11.4. The van der Waals surface area contributed by atoms with Gasteiger partial charge in [-0.3, -0.25) is 0 Å². The molecular weight excluding hydrogens is 256 g/mol. The highest BCUT2D eigenvalue weighted by atomic mass is 35.5. The molecule has 2 rings (SSSR count). The quantitative estimate of drug-likeness (QED) is 0.366. The van der Waals surface area contributed by atoms with E-state index in [4.69, 9.17) is 16.0 Å². The average molecular weight is 267 g/mol. The van der Waals surface area contributed by atoms with E-state index in [1.807, 2.05) is 30.4 Å². The summed E-state index contributed by atoms with van der Waals surface area (Å²) in [4.78, 5) is 12.3. The smallest absolute Gasteiger partial charge is 0.337 e. The minimum Gasteiger partial charge on any atom is -0.423 e. The lowest BCUT2D eigenvalue weighted by molar-refractivity contribution is 0.557. The van der Waals surface area contributed by atoms with E-state index in [1.165, 1.54) is 6.07 Å². The first-order valence-corrected chi connectivity index (χ1v) is 6.70. The van der Waals surface area contributed by atoms with Crippen molar-refractivity contribution in [3.8, 4) is 0 Å². The minimum absolute atomic E-state index is 0.312. The predicted molar refractivity (Wildman–Crippen MR) is 73.1 cm³/mol. The molecule has 1 heterocycles. The molecule has 88 valence electrons. The second-order valence-electron chi connectivity index (χ2n) is 3.36. The molecule has 0 aliphatic rings. The number of alkyl halides is 1. The first-order chi connectivity index (χ1) is 8.31. The molecule has 0 saturated heterocycles. The van der Waals surface area contributed by atoms with Crippen LogP contribution in [0.1, 0.15) is 0 Å². The van der Waals surface area contributed by atoms with Gasteiger partial charge in [-0.1, -0.05) is 30.4 Å². The van der Waals surface area contributed by atoms with E-state index in [0.717, 1.165) is 16.0 Å². The molecule has 0 fully saturated rings. The van der Waals surface area contributed by atoms with Crippen LogP contribution in [-0.2, 0) is 0 Å². The van der Waals surface area contributed by atoms with Crippen molar-refractivity contribution in [2.45, 2.75) is 4.90 Å². The van der Waals surface area contributed by atoms with Gasteiger partial charge in [0.05, 0.1) is 0 Å². The Morgan fingerprint density at radius 1 is 1.29 bits per heavy atom. The van der Waals surface area contributed by atoms with Crippen molar-refractivity contribution >= 4 is 34.3 Å². The first kappa shape index (κ1) is 12.3. The summed E-state index contributed by atoms with van der Waals surface area (Å²) in [7, 11) is 0. The second kappa shape index (κ2) is 5.94. The van der Waals surface area contributed by atoms with Crippen LogP contribution in [0.4, 0.5) is 0 Å². The van der Waals surface area contributed by atoms with Crippen molar-refractivity contribution in [1.29, 1.82) is 0 Å². The molecule has 0 amide bonds. The summed E-state index contributed by atoms with van der Waals surface area (Å²) in [6.07, 6.45) is 3.88. The summed E-state index contributed by atoms with van der Waals surface area (Å²) in [5, 5.41) is 0.969. The molecule has 4 heteroatoms. The molecule has 0 aliphatic carbocycles. The zero-order valence-corrected chi connectivity index (χ0v) is 10.6. The van der Waals surface area contributed by atoms with Crippen molar-refractivity contribution in [2.24, 2.45) is 0 Å². The van der Waals surface area contributed by atoms with Crippen molar-refractivity contribution in [2.75, 3.05) is 11.6 Å². The molecule has 0 saturated carbocycles. The van der Waals surface area contributed by atoms with E-state index < -0.39 is 0 Å². The van der Waals surface area contributed by atoms with Crippen molar-refractivity contribution in [1.82, 2.24) is 0 Å². The van der Waals surface area contributed by atoms with Crippen LogP contribution in [0.25, 0.3) is 11.0 Å². The van der Waals surface area contributed by atoms with Crippen molar-refractivity contribution in [3.63, 3.8) is 0 Å². The topological polar surface area (TPSA) is 30.2 Å². The number of hydrogen-bond acceptors (Lipinski definition) is 3. The number of rotatable bonds is 4. The highest BCUT2D eigenvalue weighted by Crippen LogP contribution is 2.26. The van der Waals surface area contributed by atoms with Crippen LogP contribution in [0.5, 0.6) is 0 Å². The van der Waals surface area contributed by atoms with Gasteiger partial charge in [0.2, 0.25) is 0 Å². The van der Waals surface area contributed by atoms with Gasteiger partial charge < -0.3 is 4.42 Å². The van der Waals surface area contributed by atoms with Crippen LogP contribution in [0, 0.1) is 0 Å². The van der Waals surface area contributed by atoms with E-state index >= 15 is 0 Å². The third-order valence-corrected chi connectivity index (χ3v) is 3.39. The fourth-order valence-corrected chi connectivity index (χ4v) is 2.51. The lowest BCUT2D eigenvalue weighted by Gasteiger charge is -2.02. The van der Waals surface area contributed by atoms with E-state index in [9.17, 15) is 4.79 Å². The number of allylic oxidation sites excluding steroid dienone is 1.